The first-order chi connectivity index (χ1) is 11.2. The molecular formula is C17H25N5O. The van der Waals surface area contributed by atoms with Gasteiger partial charge in [-0.15, -0.1) is 0 Å². The summed E-state index contributed by atoms with van der Waals surface area (Å²) in [4.78, 5) is 11.4. The van der Waals surface area contributed by atoms with Crippen molar-refractivity contribution in [3.63, 3.8) is 0 Å². The van der Waals surface area contributed by atoms with E-state index < -0.39 is 0 Å². The molecule has 1 aromatic carbocycles. The molecule has 1 aromatic heterocycles. The zero-order valence-electron chi connectivity index (χ0n) is 13.9. The first-order valence-corrected chi connectivity index (χ1v) is 8.32. The van der Waals surface area contributed by atoms with Gasteiger partial charge in [-0.25, -0.2) is 4.98 Å². The molecule has 2 aromatic rings. The molecule has 1 saturated heterocycles. The molecule has 0 saturated carbocycles. The van der Waals surface area contributed by atoms with Crippen LogP contribution in [0.15, 0.2) is 29.3 Å². The first kappa shape index (κ1) is 15.8. The second kappa shape index (κ2) is 7.00. The van der Waals surface area contributed by atoms with E-state index in [2.05, 4.69) is 32.8 Å². The summed E-state index contributed by atoms with van der Waals surface area (Å²) in [5.74, 6) is 1.91. The largest absolute Gasteiger partial charge is 0.391 e. The van der Waals surface area contributed by atoms with Crippen molar-refractivity contribution >= 4 is 17.0 Å². The number of guanidine groups is 1. The quantitative estimate of drug-likeness (QED) is 0.661. The highest BCUT2D eigenvalue weighted by Gasteiger charge is 2.22. The number of aliphatic hydroxyl groups is 1. The highest BCUT2D eigenvalue weighted by atomic mass is 16.3. The van der Waals surface area contributed by atoms with E-state index in [1.807, 2.05) is 25.1 Å². The number of nitrogens with one attached hydrogen (secondary N) is 1. The molecule has 0 spiro atoms. The Kier molecular flexibility index (Phi) is 4.81. The number of β-amino-alcohol motifs (C(OH)–C–C–N with tert-alkyl or cyclic N) is 1. The van der Waals surface area contributed by atoms with Crippen molar-refractivity contribution in [3.8, 4) is 0 Å². The van der Waals surface area contributed by atoms with Crippen molar-refractivity contribution in [1.82, 2.24) is 19.8 Å². The van der Waals surface area contributed by atoms with Crippen LogP contribution in [0.2, 0.25) is 0 Å². The van der Waals surface area contributed by atoms with Crippen LogP contribution in [0.4, 0.5) is 0 Å². The number of aliphatic imine (C=N–C) groups is 1. The van der Waals surface area contributed by atoms with Gasteiger partial charge in [-0.3, -0.25) is 4.99 Å². The van der Waals surface area contributed by atoms with Gasteiger partial charge in [0, 0.05) is 26.2 Å². The fourth-order valence-corrected chi connectivity index (χ4v) is 3.09. The number of rotatable bonds is 4. The third kappa shape index (κ3) is 3.47. The Labute approximate surface area is 136 Å². The minimum atomic E-state index is -0.237. The molecule has 1 fully saturated rings. The second-order valence-electron chi connectivity index (χ2n) is 5.92. The van der Waals surface area contributed by atoms with Gasteiger partial charge in [0.1, 0.15) is 5.82 Å². The van der Waals surface area contributed by atoms with Gasteiger partial charge in [0.25, 0.3) is 0 Å². The smallest absolute Gasteiger partial charge is 0.194 e. The van der Waals surface area contributed by atoms with Crippen LogP contribution in [-0.2, 0) is 6.54 Å². The molecule has 1 aliphatic heterocycles. The minimum absolute atomic E-state index is 0.237. The third-order valence-electron chi connectivity index (χ3n) is 4.23. The Hall–Kier alpha value is -2.08. The summed E-state index contributed by atoms with van der Waals surface area (Å²) >= 11 is 0. The van der Waals surface area contributed by atoms with Gasteiger partial charge in [-0.05, 0) is 32.4 Å². The molecule has 23 heavy (non-hydrogen) atoms. The van der Waals surface area contributed by atoms with E-state index in [1.165, 1.54) is 0 Å². The van der Waals surface area contributed by atoms with Gasteiger partial charge in [0.2, 0.25) is 0 Å². The normalized spacial score (nSPS) is 18.8. The average Bonchev–Trinajstić information content (AvgIpc) is 3.10. The molecule has 0 radical (unpaired) electrons. The third-order valence-corrected chi connectivity index (χ3v) is 4.23. The van der Waals surface area contributed by atoms with Crippen LogP contribution in [0.1, 0.15) is 19.2 Å². The zero-order valence-corrected chi connectivity index (χ0v) is 13.9. The fourth-order valence-electron chi connectivity index (χ4n) is 3.09. The summed E-state index contributed by atoms with van der Waals surface area (Å²) in [6, 6.07) is 8.19. The number of fused-ring (bicyclic) bond motifs is 1. The van der Waals surface area contributed by atoms with Gasteiger partial charge in [-0.1, -0.05) is 12.1 Å². The lowest BCUT2D eigenvalue weighted by molar-refractivity contribution is 0.188. The van der Waals surface area contributed by atoms with Crippen LogP contribution < -0.4 is 5.32 Å². The predicted octanol–water partition coefficient (Wildman–Crippen LogP) is 1.38. The van der Waals surface area contributed by atoms with E-state index in [0.717, 1.165) is 48.9 Å². The van der Waals surface area contributed by atoms with E-state index in [-0.39, 0.29) is 6.10 Å². The van der Waals surface area contributed by atoms with Crippen LogP contribution in [0.3, 0.4) is 0 Å². The standard InChI is InChI=1S/C17H25N5O/c1-3-18-17(21-10-8-14(23)12-21)19-9-11-22-13(2)20-15-6-4-5-7-16(15)22/h4-7,14,23H,3,8-12H2,1-2H3,(H,18,19)/t14-/m1/s1. The van der Waals surface area contributed by atoms with Crippen molar-refractivity contribution in [1.29, 1.82) is 0 Å². The fraction of sp³-hybridized carbons (Fsp3) is 0.529. The molecule has 2 N–H and O–H groups in total. The van der Waals surface area contributed by atoms with Gasteiger partial charge in [0.15, 0.2) is 5.96 Å². The van der Waals surface area contributed by atoms with Gasteiger partial charge >= 0.3 is 0 Å². The predicted molar refractivity (Wildman–Crippen MR) is 92.6 cm³/mol. The molecular weight excluding hydrogens is 290 g/mol. The average molecular weight is 315 g/mol. The first-order valence-electron chi connectivity index (χ1n) is 8.32. The lowest BCUT2D eigenvalue weighted by Crippen LogP contribution is -2.40. The highest BCUT2D eigenvalue weighted by Crippen LogP contribution is 2.15. The maximum Gasteiger partial charge on any atom is 0.194 e. The van der Waals surface area contributed by atoms with Crippen molar-refractivity contribution in [2.45, 2.75) is 32.9 Å². The molecule has 2 heterocycles. The molecule has 1 aliphatic rings. The van der Waals surface area contributed by atoms with Crippen LogP contribution >= 0.6 is 0 Å². The lowest BCUT2D eigenvalue weighted by atomic mass is 10.3. The number of aliphatic hydroxyl groups excluding tert-OH is 1. The monoisotopic (exact) mass is 315 g/mol. The lowest BCUT2D eigenvalue weighted by Gasteiger charge is -2.21. The van der Waals surface area contributed by atoms with Crippen molar-refractivity contribution in [3.05, 3.63) is 30.1 Å². The molecule has 6 heteroatoms. The number of hydrogen-bond donors (Lipinski definition) is 2. The van der Waals surface area contributed by atoms with Crippen molar-refractivity contribution in [2.75, 3.05) is 26.2 Å². The van der Waals surface area contributed by atoms with E-state index in [4.69, 9.17) is 4.99 Å². The molecule has 0 bridgehead atoms. The molecule has 0 unspecified atom stereocenters. The van der Waals surface area contributed by atoms with Gasteiger partial charge in [-0.2, -0.15) is 0 Å². The number of hydrogen-bond acceptors (Lipinski definition) is 3. The molecule has 0 amide bonds. The molecule has 124 valence electrons. The highest BCUT2D eigenvalue weighted by molar-refractivity contribution is 5.80. The van der Waals surface area contributed by atoms with E-state index >= 15 is 0 Å². The summed E-state index contributed by atoms with van der Waals surface area (Å²) in [6.45, 7) is 7.95. The SMILES string of the molecule is CCNC(=NCCn1c(C)nc2ccccc21)N1CC[C@@H](O)C1. The number of imidazole rings is 1. The van der Waals surface area contributed by atoms with Crippen molar-refractivity contribution in [2.24, 2.45) is 4.99 Å². The van der Waals surface area contributed by atoms with Gasteiger partial charge < -0.3 is 19.9 Å². The number of likely N-dealkylation sites (tertiary alicyclic amines) is 1. The molecule has 0 aliphatic carbocycles. The summed E-state index contributed by atoms with van der Waals surface area (Å²) in [6.07, 6.45) is 0.578. The minimum Gasteiger partial charge on any atom is -0.391 e. The zero-order chi connectivity index (χ0) is 16.2. The van der Waals surface area contributed by atoms with Crippen LogP contribution in [0.25, 0.3) is 11.0 Å². The Morgan fingerprint density at radius 2 is 2.26 bits per heavy atom. The van der Waals surface area contributed by atoms with Gasteiger partial charge in [0.05, 0.1) is 23.7 Å². The number of nitrogens with zero attached hydrogens (tertiary/aromatic N) is 4. The second-order valence-corrected chi connectivity index (χ2v) is 5.92. The molecule has 3 rings (SSSR count). The van der Waals surface area contributed by atoms with Crippen molar-refractivity contribution < 1.29 is 5.11 Å². The number of para-hydroxylation sites is 2. The van der Waals surface area contributed by atoms with Crippen LogP contribution in [0.5, 0.6) is 0 Å². The Morgan fingerprint density at radius 3 is 3.00 bits per heavy atom. The van der Waals surface area contributed by atoms with E-state index in [0.29, 0.717) is 13.1 Å². The summed E-state index contributed by atoms with van der Waals surface area (Å²) in [5.41, 5.74) is 2.19. The molecule has 6 nitrogen and oxygen atoms in total. The Balaban J connectivity index is 1.71. The number of aromatic nitrogens is 2. The summed E-state index contributed by atoms with van der Waals surface area (Å²) in [5, 5.41) is 13.0. The Morgan fingerprint density at radius 1 is 1.43 bits per heavy atom. The van der Waals surface area contributed by atoms with E-state index in [9.17, 15) is 5.11 Å². The topological polar surface area (TPSA) is 65.7 Å². The number of aryl methyl sites for hydroxylation is 1. The van der Waals surface area contributed by atoms with E-state index in [1.54, 1.807) is 0 Å². The number of benzene rings is 1. The summed E-state index contributed by atoms with van der Waals surface area (Å²) in [7, 11) is 0. The molecule has 1 atom stereocenters. The van der Waals surface area contributed by atoms with Crippen LogP contribution in [0, 0.1) is 6.92 Å². The Bertz CT molecular complexity index is 693. The maximum absolute atomic E-state index is 9.71. The van der Waals surface area contributed by atoms with Crippen LogP contribution in [-0.4, -0.2) is 57.8 Å². The maximum atomic E-state index is 9.71. The summed E-state index contributed by atoms with van der Waals surface area (Å²) < 4.78 is 2.21.